The zero-order valence-corrected chi connectivity index (χ0v) is 9.27. The third-order valence-electron chi connectivity index (χ3n) is 1.41. The molecule has 0 atom stereocenters. The van der Waals surface area contributed by atoms with E-state index < -0.39 is 11.6 Å². The minimum Gasteiger partial charge on any atom is -0.488 e. The second kappa shape index (κ2) is 4.74. The highest BCUT2D eigenvalue weighted by Gasteiger charge is 2.10. The Bertz CT molecular complexity index is 279. The fraction of sp³-hybridized carbons (Fsp3) is 0.333. The zero-order valence-electron chi connectivity index (χ0n) is 7.11. The van der Waals surface area contributed by atoms with Gasteiger partial charge in [-0.05, 0) is 41.1 Å². The highest BCUT2D eigenvalue weighted by molar-refractivity contribution is 14.1. The maximum absolute atomic E-state index is 13.1. The van der Waals surface area contributed by atoms with Crippen molar-refractivity contribution in [3.05, 3.63) is 27.3 Å². The van der Waals surface area contributed by atoms with Gasteiger partial charge in [0.15, 0.2) is 17.4 Å². The summed E-state index contributed by atoms with van der Waals surface area (Å²) >= 11 is 1.85. The van der Waals surface area contributed by atoms with Crippen LogP contribution >= 0.6 is 22.6 Å². The number of hydrogen-bond donors (Lipinski definition) is 0. The topological polar surface area (TPSA) is 9.23 Å². The second-order valence-corrected chi connectivity index (χ2v) is 3.79. The van der Waals surface area contributed by atoms with Crippen molar-refractivity contribution in [2.75, 3.05) is 6.61 Å². The lowest BCUT2D eigenvalue weighted by Gasteiger charge is -2.06. The van der Waals surface area contributed by atoms with Crippen molar-refractivity contribution >= 4 is 22.6 Å². The fourth-order valence-corrected chi connectivity index (χ4v) is 1.42. The second-order valence-electron chi connectivity index (χ2n) is 2.55. The number of halogens is 3. The van der Waals surface area contributed by atoms with Gasteiger partial charge in [-0.2, -0.15) is 0 Å². The average Bonchev–Trinajstić information content (AvgIpc) is 2.02. The summed E-state index contributed by atoms with van der Waals surface area (Å²) in [5.41, 5.74) is 0. The number of rotatable bonds is 3. The van der Waals surface area contributed by atoms with Crippen molar-refractivity contribution in [3.8, 4) is 5.75 Å². The first-order valence-electron chi connectivity index (χ1n) is 3.92. The smallest absolute Gasteiger partial charge is 0.190 e. The van der Waals surface area contributed by atoms with Crippen LogP contribution in [0.25, 0.3) is 0 Å². The maximum atomic E-state index is 13.1. The molecule has 1 aromatic rings. The van der Waals surface area contributed by atoms with Crippen molar-refractivity contribution in [3.63, 3.8) is 0 Å². The molecular formula is C9H9F2IO. The van der Waals surface area contributed by atoms with Crippen molar-refractivity contribution in [1.82, 2.24) is 0 Å². The van der Waals surface area contributed by atoms with E-state index in [0.717, 1.165) is 6.42 Å². The summed E-state index contributed by atoms with van der Waals surface area (Å²) in [7, 11) is 0. The maximum Gasteiger partial charge on any atom is 0.190 e. The van der Waals surface area contributed by atoms with Gasteiger partial charge in [-0.3, -0.25) is 0 Å². The summed E-state index contributed by atoms with van der Waals surface area (Å²) in [6.45, 7) is 2.21. The molecule has 1 aromatic carbocycles. The molecule has 1 nitrogen and oxygen atoms in total. The molecule has 13 heavy (non-hydrogen) atoms. The van der Waals surface area contributed by atoms with E-state index in [4.69, 9.17) is 4.74 Å². The van der Waals surface area contributed by atoms with Crippen LogP contribution in [0.5, 0.6) is 5.75 Å². The molecule has 0 aliphatic heterocycles. The van der Waals surface area contributed by atoms with Crippen LogP contribution in [-0.2, 0) is 0 Å². The molecule has 0 saturated carbocycles. The van der Waals surface area contributed by atoms with E-state index in [1.54, 1.807) is 0 Å². The third-order valence-corrected chi connectivity index (χ3v) is 2.04. The summed E-state index contributed by atoms with van der Waals surface area (Å²) < 4.78 is 31.6. The van der Waals surface area contributed by atoms with Crippen LogP contribution in [0.1, 0.15) is 13.3 Å². The van der Waals surface area contributed by atoms with Gasteiger partial charge in [-0.25, -0.2) is 8.78 Å². The van der Waals surface area contributed by atoms with Gasteiger partial charge >= 0.3 is 0 Å². The fourth-order valence-electron chi connectivity index (χ4n) is 0.871. The minimum atomic E-state index is -0.641. The first-order chi connectivity index (χ1) is 6.15. The Morgan fingerprint density at radius 3 is 2.31 bits per heavy atom. The molecule has 0 aliphatic rings. The first kappa shape index (κ1) is 10.7. The van der Waals surface area contributed by atoms with Crippen LogP contribution in [0.2, 0.25) is 0 Å². The van der Waals surface area contributed by atoms with E-state index in [-0.39, 0.29) is 5.75 Å². The lowest BCUT2D eigenvalue weighted by Crippen LogP contribution is -2.00. The molecule has 0 spiro atoms. The van der Waals surface area contributed by atoms with Crippen molar-refractivity contribution in [2.24, 2.45) is 0 Å². The molecular weight excluding hydrogens is 289 g/mol. The highest BCUT2D eigenvalue weighted by atomic mass is 127. The summed E-state index contributed by atoms with van der Waals surface area (Å²) in [5, 5.41) is 0. The zero-order chi connectivity index (χ0) is 9.84. The SMILES string of the molecule is CCCOc1c(F)cc(I)cc1F. The van der Waals surface area contributed by atoms with Crippen LogP contribution in [0, 0.1) is 15.2 Å². The number of ether oxygens (including phenoxy) is 1. The van der Waals surface area contributed by atoms with Gasteiger partial charge in [0.1, 0.15) is 0 Å². The standard InChI is InChI=1S/C9H9F2IO/c1-2-3-13-9-7(10)4-6(12)5-8(9)11/h4-5H,2-3H2,1H3. The molecule has 0 heterocycles. The molecule has 0 aliphatic carbocycles. The Hall–Kier alpha value is -0.390. The lowest BCUT2D eigenvalue weighted by atomic mass is 10.3. The van der Waals surface area contributed by atoms with Crippen molar-refractivity contribution in [2.45, 2.75) is 13.3 Å². The molecule has 72 valence electrons. The van der Waals surface area contributed by atoms with Crippen LogP contribution in [0.4, 0.5) is 8.78 Å². The van der Waals surface area contributed by atoms with E-state index in [2.05, 4.69) is 0 Å². The summed E-state index contributed by atoms with van der Waals surface area (Å²) in [6, 6.07) is 2.49. The molecule has 0 saturated heterocycles. The van der Waals surface area contributed by atoms with E-state index in [1.165, 1.54) is 12.1 Å². The molecule has 0 aromatic heterocycles. The van der Waals surface area contributed by atoms with Gasteiger partial charge in [0.25, 0.3) is 0 Å². The van der Waals surface area contributed by atoms with Crippen molar-refractivity contribution < 1.29 is 13.5 Å². The third kappa shape index (κ3) is 2.79. The van der Waals surface area contributed by atoms with Crippen LogP contribution in [-0.4, -0.2) is 6.61 Å². The predicted molar refractivity (Wildman–Crippen MR) is 54.9 cm³/mol. The molecule has 0 unspecified atom stereocenters. The Morgan fingerprint density at radius 1 is 1.31 bits per heavy atom. The Kier molecular flexibility index (Phi) is 3.90. The monoisotopic (exact) mass is 298 g/mol. The summed E-state index contributed by atoms with van der Waals surface area (Å²) in [6.07, 6.45) is 0.727. The number of benzene rings is 1. The van der Waals surface area contributed by atoms with Crippen LogP contribution in [0.15, 0.2) is 12.1 Å². The average molecular weight is 298 g/mol. The molecule has 0 amide bonds. The Balaban J connectivity index is 2.92. The molecule has 4 heteroatoms. The molecule has 0 fully saturated rings. The van der Waals surface area contributed by atoms with Gasteiger partial charge in [0.2, 0.25) is 0 Å². The van der Waals surface area contributed by atoms with E-state index in [0.29, 0.717) is 10.2 Å². The molecule has 1 rings (SSSR count). The lowest BCUT2D eigenvalue weighted by molar-refractivity contribution is 0.284. The quantitative estimate of drug-likeness (QED) is 0.778. The van der Waals surface area contributed by atoms with E-state index >= 15 is 0 Å². The predicted octanol–water partition coefficient (Wildman–Crippen LogP) is 3.36. The van der Waals surface area contributed by atoms with Gasteiger partial charge in [0.05, 0.1) is 6.61 Å². The highest BCUT2D eigenvalue weighted by Crippen LogP contribution is 2.24. The normalized spacial score (nSPS) is 10.2. The summed E-state index contributed by atoms with van der Waals surface area (Å²) in [5.74, 6) is -1.56. The van der Waals surface area contributed by atoms with Gasteiger partial charge < -0.3 is 4.74 Å². The molecule has 0 N–H and O–H groups in total. The van der Waals surface area contributed by atoms with Gasteiger partial charge in [0, 0.05) is 3.57 Å². The molecule has 0 bridgehead atoms. The first-order valence-corrected chi connectivity index (χ1v) is 5.00. The minimum absolute atomic E-state index is 0.276. The van der Waals surface area contributed by atoms with Crippen molar-refractivity contribution in [1.29, 1.82) is 0 Å². The Morgan fingerprint density at radius 2 is 1.85 bits per heavy atom. The Labute approximate surface area is 89.2 Å². The van der Waals surface area contributed by atoms with Gasteiger partial charge in [-0.15, -0.1) is 0 Å². The van der Waals surface area contributed by atoms with E-state index in [1.807, 2.05) is 29.5 Å². The molecule has 0 radical (unpaired) electrons. The summed E-state index contributed by atoms with van der Waals surface area (Å²) in [4.78, 5) is 0. The van der Waals surface area contributed by atoms with E-state index in [9.17, 15) is 8.78 Å². The largest absolute Gasteiger partial charge is 0.488 e. The van der Waals surface area contributed by atoms with Crippen LogP contribution < -0.4 is 4.74 Å². The van der Waals surface area contributed by atoms with Crippen LogP contribution in [0.3, 0.4) is 0 Å². The van der Waals surface area contributed by atoms with Gasteiger partial charge in [-0.1, -0.05) is 6.92 Å². The number of hydrogen-bond acceptors (Lipinski definition) is 1.